The van der Waals surface area contributed by atoms with Gasteiger partial charge >= 0.3 is 6.18 Å². The van der Waals surface area contributed by atoms with Gasteiger partial charge in [0.15, 0.2) is 11.5 Å². The van der Waals surface area contributed by atoms with Crippen LogP contribution in [-0.2, 0) is 17.5 Å². The molecule has 3 rings (SSSR count). The first-order valence-electron chi connectivity index (χ1n) is 8.58. The van der Waals surface area contributed by atoms with Crippen LogP contribution in [0.1, 0.15) is 29.9 Å². The molecule has 0 aliphatic heterocycles. The molecule has 0 aliphatic rings. The third kappa shape index (κ3) is 4.44. The van der Waals surface area contributed by atoms with Gasteiger partial charge in [0, 0.05) is 11.8 Å². The standard InChI is InChI=1S/C18H15Cl2F4N5O/c1-9-14(20)15(18(22,23)24)26-29(9)10(2)17(30)25-16-12(19)8-28(27-16)7-11-5-3-4-6-13(11)21/h3-6,8,10H,7H2,1-2H3,(H,25,27,30). The number of benzene rings is 1. The molecule has 2 aromatic heterocycles. The fourth-order valence-electron chi connectivity index (χ4n) is 2.75. The molecule has 0 aliphatic carbocycles. The summed E-state index contributed by atoms with van der Waals surface area (Å²) in [5.41, 5.74) is -0.916. The van der Waals surface area contributed by atoms with Crippen molar-refractivity contribution in [3.05, 3.63) is 63.3 Å². The number of anilines is 1. The molecule has 0 saturated heterocycles. The summed E-state index contributed by atoms with van der Waals surface area (Å²) in [4.78, 5) is 12.5. The molecule has 0 radical (unpaired) electrons. The Hall–Kier alpha value is -2.59. The number of nitrogens with zero attached hydrogens (tertiary/aromatic N) is 4. The average molecular weight is 464 g/mol. The Bertz CT molecular complexity index is 1090. The molecule has 30 heavy (non-hydrogen) atoms. The number of nitrogens with one attached hydrogen (secondary N) is 1. The Kier molecular flexibility index (Phi) is 6.09. The minimum Gasteiger partial charge on any atom is -0.306 e. The molecule has 1 unspecified atom stereocenters. The quantitative estimate of drug-likeness (QED) is 0.535. The molecule has 0 bridgehead atoms. The molecule has 160 valence electrons. The molecule has 3 aromatic rings. The molecule has 12 heteroatoms. The van der Waals surface area contributed by atoms with Crippen molar-refractivity contribution >= 4 is 34.9 Å². The zero-order valence-corrected chi connectivity index (χ0v) is 17.1. The van der Waals surface area contributed by atoms with E-state index < -0.39 is 34.7 Å². The number of carbonyl (C=O) groups excluding carboxylic acids is 1. The van der Waals surface area contributed by atoms with Gasteiger partial charge in [-0.25, -0.2) is 4.39 Å². The number of carbonyl (C=O) groups is 1. The second-order valence-electron chi connectivity index (χ2n) is 6.47. The van der Waals surface area contributed by atoms with E-state index in [4.69, 9.17) is 23.2 Å². The monoisotopic (exact) mass is 463 g/mol. The van der Waals surface area contributed by atoms with Crippen LogP contribution >= 0.6 is 23.2 Å². The minimum atomic E-state index is -4.75. The number of rotatable bonds is 5. The van der Waals surface area contributed by atoms with Gasteiger partial charge in [0.25, 0.3) is 0 Å². The van der Waals surface area contributed by atoms with Crippen molar-refractivity contribution in [3.63, 3.8) is 0 Å². The number of alkyl halides is 3. The van der Waals surface area contributed by atoms with Gasteiger partial charge in [0.1, 0.15) is 16.9 Å². The van der Waals surface area contributed by atoms with E-state index in [0.29, 0.717) is 5.56 Å². The first-order valence-corrected chi connectivity index (χ1v) is 9.33. The zero-order chi connectivity index (χ0) is 22.2. The van der Waals surface area contributed by atoms with Crippen LogP contribution in [0.4, 0.5) is 23.4 Å². The summed E-state index contributed by atoms with van der Waals surface area (Å²) in [5.74, 6) is -1.14. The summed E-state index contributed by atoms with van der Waals surface area (Å²) in [6, 6.07) is 4.97. The van der Waals surface area contributed by atoms with Crippen molar-refractivity contribution in [3.8, 4) is 0 Å². The van der Waals surface area contributed by atoms with E-state index in [2.05, 4.69) is 15.5 Å². The van der Waals surface area contributed by atoms with Crippen molar-refractivity contribution < 1.29 is 22.4 Å². The first-order chi connectivity index (χ1) is 14.0. The van der Waals surface area contributed by atoms with Crippen molar-refractivity contribution in [1.82, 2.24) is 19.6 Å². The van der Waals surface area contributed by atoms with Crippen LogP contribution in [0.15, 0.2) is 30.5 Å². The van der Waals surface area contributed by atoms with Crippen LogP contribution in [0.5, 0.6) is 0 Å². The van der Waals surface area contributed by atoms with Crippen molar-refractivity contribution in [2.45, 2.75) is 32.6 Å². The van der Waals surface area contributed by atoms with Crippen molar-refractivity contribution in [2.24, 2.45) is 0 Å². The van der Waals surface area contributed by atoms with Gasteiger partial charge in [-0.15, -0.1) is 0 Å². The van der Waals surface area contributed by atoms with Crippen LogP contribution < -0.4 is 5.32 Å². The lowest BCUT2D eigenvalue weighted by Crippen LogP contribution is -2.26. The van der Waals surface area contributed by atoms with Crippen molar-refractivity contribution in [1.29, 1.82) is 0 Å². The summed E-state index contributed by atoms with van der Waals surface area (Å²) in [6.07, 6.45) is -3.36. The molecule has 0 spiro atoms. The summed E-state index contributed by atoms with van der Waals surface area (Å²) >= 11 is 11.8. The van der Waals surface area contributed by atoms with E-state index in [0.717, 1.165) is 4.68 Å². The molecule has 6 nitrogen and oxygen atoms in total. The highest BCUT2D eigenvalue weighted by atomic mass is 35.5. The van der Waals surface area contributed by atoms with Gasteiger partial charge in [-0.3, -0.25) is 14.2 Å². The minimum absolute atomic E-state index is 0.0113. The second kappa shape index (κ2) is 8.27. The summed E-state index contributed by atoms with van der Waals surface area (Å²) in [5, 5.41) is 9.48. The third-order valence-corrected chi connectivity index (χ3v) is 5.07. The number of hydrogen-bond acceptors (Lipinski definition) is 3. The van der Waals surface area contributed by atoms with Gasteiger partial charge in [-0.05, 0) is 19.9 Å². The molecule has 1 atom stereocenters. The zero-order valence-electron chi connectivity index (χ0n) is 15.6. The number of halogens is 6. The smallest absolute Gasteiger partial charge is 0.306 e. The summed E-state index contributed by atoms with van der Waals surface area (Å²) < 4.78 is 55.0. The normalized spacial score (nSPS) is 12.8. The maximum absolute atomic E-state index is 13.8. The SMILES string of the molecule is Cc1c(Cl)c(C(F)(F)F)nn1C(C)C(=O)Nc1nn(Cc2ccccc2F)cc1Cl. The van der Waals surface area contributed by atoms with Crippen LogP contribution in [0, 0.1) is 12.7 Å². The first kappa shape index (κ1) is 22.1. The molecule has 0 fully saturated rings. The number of hydrogen-bond donors (Lipinski definition) is 1. The fraction of sp³-hybridized carbons (Fsp3) is 0.278. The van der Waals surface area contributed by atoms with Crippen LogP contribution in [-0.4, -0.2) is 25.5 Å². The maximum atomic E-state index is 13.8. The summed E-state index contributed by atoms with van der Waals surface area (Å²) in [6.45, 7) is 2.75. The highest BCUT2D eigenvalue weighted by molar-refractivity contribution is 6.33. The van der Waals surface area contributed by atoms with Crippen molar-refractivity contribution in [2.75, 3.05) is 5.32 Å². The second-order valence-corrected chi connectivity index (χ2v) is 7.26. The van der Waals surface area contributed by atoms with Gasteiger partial charge < -0.3 is 5.32 Å². The van der Waals surface area contributed by atoms with Gasteiger partial charge in [-0.1, -0.05) is 41.4 Å². The highest BCUT2D eigenvalue weighted by Gasteiger charge is 2.39. The molecule has 2 heterocycles. The Balaban J connectivity index is 1.78. The van der Waals surface area contributed by atoms with Gasteiger partial charge in [0.05, 0.1) is 17.3 Å². The third-order valence-electron chi connectivity index (χ3n) is 4.34. The predicted molar refractivity (Wildman–Crippen MR) is 103 cm³/mol. The average Bonchev–Trinajstić information content (AvgIpc) is 3.16. The lowest BCUT2D eigenvalue weighted by Gasteiger charge is -2.13. The topological polar surface area (TPSA) is 64.7 Å². The van der Waals surface area contributed by atoms with Crippen LogP contribution in [0.2, 0.25) is 10.0 Å². The Labute approximate surface area is 178 Å². The van der Waals surface area contributed by atoms with E-state index in [9.17, 15) is 22.4 Å². The van der Waals surface area contributed by atoms with Crippen LogP contribution in [0.3, 0.4) is 0 Å². The largest absolute Gasteiger partial charge is 0.436 e. The molecule has 1 aromatic carbocycles. The van der Waals surface area contributed by atoms with Crippen LogP contribution in [0.25, 0.3) is 0 Å². The fourth-order valence-corrected chi connectivity index (χ4v) is 3.18. The lowest BCUT2D eigenvalue weighted by atomic mass is 10.2. The number of amides is 1. The molecule has 0 saturated carbocycles. The van der Waals surface area contributed by atoms with E-state index in [-0.39, 0.29) is 23.1 Å². The highest BCUT2D eigenvalue weighted by Crippen LogP contribution is 2.36. The number of aromatic nitrogens is 4. The molecule has 1 N–H and O–H groups in total. The molecular weight excluding hydrogens is 449 g/mol. The van der Waals surface area contributed by atoms with E-state index in [1.807, 2.05) is 0 Å². The Morgan fingerprint density at radius 1 is 1.23 bits per heavy atom. The van der Waals surface area contributed by atoms with Gasteiger partial charge in [-0.2, -0.15) is 23.4 Å². The van der Waals surface area contributed by atoms with E-state index in [1.54, 1.807) is 18.2 Å². The predicted octanol–water partition coefficient (Wildman–Crippen LogP) is 5.10. The Morgan fingerprint density at radius 2 is 1.90 bits per heavy atom. The maximum Gasteiger partial charge on any atom is 0.436 e. The molecular formula is C18H15Cl2F4N5O. The molecule has 1 amide bonds. The van der Waals surface area contributed by atoms with E-state index in [1.165, 1.54) is 30.8 Å². The summed E-state index contributed by atoms with van der Waals surface area (Å²) in [7, 11) is 0. The van der Waals surface area contributed by atoms with E-state index >= 15 is 0 Å². The lowest BCUT2D eigenvalue weighted by molar-refractivity contribution is -0.141. The Morgan fingerprint density at radius 3 is 2.50 bits per heavy atom. The van der Waals surface area contributed by atoms with Gasteiger partial charge in [0.2, 0.25) is 5.91 Å².